The van der Waals surface area contributed by atoms with Crippen LogP contribution in [0.15, 0.2) is 0 Å². The Balaban J connectivity index is 2.75. The molecule has 2 rings (SSSR count). The van der Waals surface area contributed by atoms with Crippen molar-refractivity contribution in [1.82, 2.24) is 9.97 Å². The van der Waals surface area contributed by atoms with Crippen molar-refractivity contribution in [2.45, 2.75) is 26.2 Å². The van der Waals surface area contributed by atoms with Crippen molar-refractivity contribution >= 4 is 17.6 Å². The van der Waals surface area contributed by atoms with Gasteiger partial charge in [-0.3, -0.25) is 9.59 Å². The fraction of sp³-hybridized carbons (Fsp3) is 0.400. The summed E-state index contributed by atoms with van der Waals surface area (Å²) in [7, 11) is 0. The Labute approximate surface area is 92.3 Å². The Morgan fingerprint density at radius 3 is 2.56 bits per heavy atom. The zero-order valence-corrected chi connectivity index (χ0v) is 9.29. The van der Waals surface area contributed by atoms with Crippen LogP contribution in [0.4, 0.5) is 5.82 Å². The van der Waals surface area contributed by atoms with Gasteiger partial charge in [0.25, 0.3) is 0 Å². The number of nitrogens with one attached hydrogen (secondary N) is 1. The summed E-state index contributed by atoms with van der Waals surface area (Å²) in [5.74, 6) is -0.209. The number of primary amides is 1. The molecule has 0 bridgehead atoms. The maximum atomic E-state index is 11.8. The molecule has 16 heavy (non-hydrogen) atoms. The van der Waals surface area contributed by atoms with Crippen LogP contribution < -0.4 is 11.1 Å². The van der Waals surface area contributed by atoms with Gasteiger partial charge >= 0.3 is 0 Å². The van der Waals surface area contributed by atoms with Crippen molar-refractivity contribution in [1.29, 1.82) is 0 Å². The first-order valence-electron chi connectivity index (χ1n) is 4.84. The molecule has 0 spiro atoms. The minimum atomic E-state index is -1.37. The van der Waals surface area contributed by atoms with Gasteiger partial charge in [0.1, 0.15) is 11.6 Å². The third-order valence-corrected chi connectivity index (χ3v) is 2.88. The number of carbonyl (C=O) groups is 2. The molecule has 1 atom stereocenters. The second-order valence-electron chi connectivity index (χ2n) is 4.02. The first-order chi connectivity index (χ1) is 7.37. The quantitative estimate of drug-likeness (QED) is 0.640. The number of hydrogen-bond acceptors (Lipinski definition) is 4. The van der Waals surface area contributed by atoms with Crippen molar-refractivity contribution < 1.29 is 9.59 Å². The number of rotatable bonds is 1. The van der Waals surface area contributed by atoms with Crippen LogP contribution in [0, 0.1) is 13.8 Å². The van der Waals surface area contributed by atoms with Crippen LogP contribution in [0.25, 0.3) is 0 Å². The predicted octanol–water partition coefficient (Wildman–Crippen LogP) is -0.211. The molecule has 6 heteroatoms. The third-order valence-electron chi connectivity index (χ3n) is 2.88. The number of aryl methyl sites for hydroxylation is 2. The molecule has 1 aliphatic rings. The van der Waals surface area contributed by atoms with E-state index in [-0.39, 0.29) is 0 Å². The molecule has 0 radical (unpaired) electrons. The van der Waals surface area contributed by atoms with Gasteiger partial charge in [-0.25, -0.2) is 9.97 Å². The molecule has 1 unspecified atom stereocenters. The van der Waals surface area contributed by atoms with E-state index in [0.717, 1.165) is 0 Å². The van der Waals surface area contributed by atoms with E-state index in [9.17, 15) is 9.59 Å². The molecular weight excluding hydrogens is 208 g/mol. The lowest BCUT2D eigenvalue weighted by Crippen LogP contribution is -2.44. The molecule has 6 nitrogen and oxygen atoms in total. The Morgan fingerprint density at radius 2 is 2.00 bits per heavy atom. The summed E-state index contributed by atoms with van der Waals surface area (Å²) in [6.45, 7) is 4.94. The topological polar surface area (TPSA) is 98.0 Å². The van der Waals surface area contributed by atoms with E-state index in [4.69, 9.17) is 5.73 Å². The molecule has 0 saturated heterocycles. The largest absolute Gasteiger partial charge is 0.368 e. The summed E-state index contributed by atoms with van der Waals surface area (Å²) in [6, 6.07) is 0. The van der Waals surface area contributed by atoms with Crippen LogP contribution in [0.5, 0.6) is 0 Å². The minimum Gasteiger partial charge on any atom is -0.368 e. The minimum absolute atomic E-state index is 0.385. The van der Waals surface area contributed by atoms with Gasteiger partial charge in [-0.05, 0) is 20.8 Å². The van der Waals surface area contributed by atoms with E-state index >= 15 is 0 Å². The van der Waals surface area contributed by atoms with Crippen molar-refractivity contribution in [2.75, 3.05) is 5.32 Å². The standard InChI is InChI=1S/C10H12N4O2/c1-4-6-7(13-5(2)12-4)14-9(16)10(6,3)8(11)15/h1-3H3,(H2,11,15)(H,12,13,14,16). The molecule has 84 valence electrons. The zero-order chi connectivity index (χ0) is 12.1. The number of anilines is 1. The second kappa shape index (κ2) is 3.01. The van der Waals surface area contributed by atoms with E-state index in [0.29, 0.717) is 22.9 Å². The van der Waals surface area contributed by atoms with Crippen LogP contribution in [-0.4, -0.2) is 21.8 Å². The lowest BCUT2D eigenvalue weighted by Gasteiger charge is -2.18. The summed E-state index contributed by atoms with van der Waals surface area (Å²) in [5.41, 5.74) is 5.00. The molecule has 1 aromatic rings. The van der Waals surface area contributed by atoms with Crippen LogP contribution >= 0.6 is 0 Å². The SMILES string of the molecule is Cc1nc(C)c2c(n1)NC(=O)C2(C)C(N)=O. The molecule has 1 aliphatic heterocycles. The highest BCUT2D eigenvalue weighted by Crippen LogP contribution is 2.37. The normalized spacial score (nSPS) is 22.8. The number of nitrogens with zero attached hydrogens (tertiary/aromatic N) is 2. The number of hydrogen-bond donors (Lipinski definition) is 2. The Bertz CT molecular complexity index is 512. The molecular formula is C10H12N4O2. The van der Waals surface area contributed by atoms with Crippen LogP contribution in [-0.2, 0) is 15.0 Å². The maximum Gasteiger partial charge on any atom is 0.245 e. The Kier molecular flexibility index (Phi) is 1.98. The van der Waals surface area contributed by atoms with Gasteiger partial charge in [-0.15, -0.1) is 0 Å². The number of aromatic nitrogens is 2. The van der Waals surface area contributed by atoms with Gasteiger partial charge < -0.3 is 11.1 Å². The summed E-state index contributed by atoms with van der Waals surface area (Å²) in [6.07, 6.45) is 0. The van der Waals surface area contributed by atoms with Crippen molar-refractivity contribution in [3.63, 3.8) is 0 Å². The number of fused-ring (bicyclic) bond motifs is 1. The van der Waals surface area contributed by atoms with Crippen LogP contribution in [0.3, 0.4) is 0 Å². The zero-order valence-electron chi connectivity index (χ0n) is 9.29. The maximum absolute atomic E-state index is 11.8. The molecule has 0 fully saturated rings. The van der Waals surface area contributed by atoms with Gasteiger partial charge in [-0.1, -0.05) is 0 Å². The van der Waals surface area contributed by atoms with Gasteiger partial charge in [0.05, 0.1) is 0 Å². The third kappa shape index (κ3) is 1.13. The number of amides is 2. The smallest absolute Gasteiger partial charge is 0.245 e. The molecule has 3 N–H and O–H groups in total. The van der Waals surface area contributed by atoms with E-state index in [2.05, 4.69) is 15.3 Å². The van der Waals surface area contributed by atoms with E-state index in [1.54, 1.807) is 13.8 Å². The van der Waals surface area contributed by atoms with Crippen LogP contribution in [0.2, 0.25) is 0 Å². The lowest BCUT2D eigenvalue weighted by molar-refractivity contribution is -0.131. The first kappa shape index (κ1) is 10.5. The second-order valence-corrected chi connectivity index (χ2v) is 4.02. The Hall–Kier alpha value is -1.98. The fourth-order valence-corrected chi connectivity index (χ4v) is 1.98. The van der Waals surface area contributed by atoms with E-state index < -0.39 is 17.2 Å². The summed E-state index contributed by atoms with van der Waals surface area (Å²) in [4.78, 5) is 31.5. The van der Waals surface area contributed by atoms with E-state index in [1.165, 1.54) is 6.92 Å². The molecule has 2 amide bonds. The predicted molar refractivity (Wildman–Crippen MR) is 56.7 cm³/mol. The molecule has 2 heterocycles. The van der Waals surface area contributed by atoms with Gasteiger partial charge in [0, 0.05) is 11.3 Å². The average molecular weight is 220 g/mol. The Morgan fingerprint density at radius 1 is 1.38 bits per heavy atom. The van der Waals surface area contributed by atoms with Crippen LogP contribution in [0.1, 0.15) is 24.0 Å². The summed E-state index contributed by atoms with van der Waals surface area (Å²) in [5, 5.41) is 2.56. The van der Waals surface area contributed by atoms with Gasteiger partial charge in [0.2, 0.25) is 11.8 Å². The van der Waals surface area contributed by atoms with Crippen molar-refractivity contribution in [2.24, 2.45) is 5.73 Å². The highest BCUT2D eigenvalue weighted by molar-refractivity contribution is 6.19. The van der Waals surface area contributed by atoms with Crippen molar-refractivity contribution in [3.05, 3.63) is 17.1 Å². The molecule has 1 aromatic heterocycles. The summed E-state index contributed by atoms with van der Waals surface area (Å²) < 4.78 is 0. The van der Waals surface area contributed by atoms with Crippen molar-refractivity contribution in [3.8, 4) is 0 Å². The average Bonchev–Trinajstić information content (AvgIpc) is 2.39. The molecule has 0 aromatic carbocycles. The summed E-state index contributed by atoms with van der Waals surface area (Å²) >= 11 is 0. The highest BCUT2D eigenvalue weighted by Gasteiger charge is 2.50. The number of carbonyl (C=O) groups excluding carboxylic acids is 2. The first-order valence-corrected chi connectivity index (χ1v) is 4.84. The van der Waals surface area contributed by atoms with E-state index in [1.807, 2.05) is 0 Å². The molecule has 0 saturated carbocycles. The number of nitrogens with two attached hydrogens (primary N) is 1. The lowest BCUT2D eigenvalue weighted by atomic mass is 9.83. The highest BCUT2D eigenvalue weighted by atomic mass is 16.2. The fourth-order valence-electron chi connectivity index (χ4n) is 1.98. The monoisotopic (exact) mass is 220 g/mol. The van der Waals surface area contributed by atoms with Gasteiger partial charge in [-0.2, -0.15) is 0 Å². The van der Waals surface area contributed by atoms with Gasteiger partial charge in [0.15, 0.2) is 5.41 Å². The molecule has 0 aliphatic carbocycles.